The number of rotatable bonds is 6. The van der Waals surface area contributed by atoms with Crippen molar-refractivity contribution < 1.29 is 50.6 Å². The summed E-state index contributed by atoms with van der Waals surface area (Å²) in [7, 11) is -5.10. The standard InChI is InChI=1S/C16H14N4O8S.Cr/c1-9(21)14(16(23)17-10-5-3-2-4-6-10)19-18-12-7-11(20(24)25)8-13(15(12)22)29(26,27)28;/h2-8,21-22H,1H3,(H,17,23)(H,26,27,28);/q;+3/p-3/b14-9-,19-18?;. The zero-order valence-electron chi connectivity index (χ0n) is 15.0. The van der Waals surface area contributed by atoms with E-state index in [0.29, 0.717) is 12.1 Å². The quantitative estimate of drug-likeness (QED) is 0.120. The molecule has 14 heteroatoms. The van der Waals surface area contributed by atoms with Crippen LogP contribution in [0, 0.1) is 10.1 Å². The summed E-state index contributed by atoms with van der Waals surface area (Å²) >= 11 is 0. The molecule has 0 saturated carbocycles. The van der Waals surface area contributed by atoms with Crippen molar-refractivity contribution >= 4 is 33.1 Å². The molecule has 0 aromatic heterocycles. The number of para-hydroxylation sites is 1. The third-order valence-electron chi connectivity index (χ3n) is 3.29. The van der Waals surface area contributed by atoms with Gasteiger partial charge in [0.25, 0.3) is 15.8 Å². The van der Waals surface area contributed by atoms with E-state index >= 15 is 0 Å². The van der Waals surface area contributed by atoms with E-state index in [0.717, 1.165) is 6.92 Å². The predicted octanol–water partition coefficient (Wildman–Crippen LogP) is 0.679. The summed E-state index contributed by atoms with van der Waals surface area (Å²) in [6, 6.07) is 8.72. The largest absolute Gasteiger partial charge is 3.00 e. The summed E-state index contributed by atoms with van der Waals surface area (Å²) in [5.74, 6) is -3.37. The van der Waals surface area contributed by atoms with Crippen molar-refractivity contribution in [1.29, 1.82) is 0 Å². The van der Waals surface area contributed by atoms with E-state index < -0.39 is 54.4 Å². The van der Waals surface area contributed by atoms with E-state index in [1.165, 1.54) is 12.1 Å². The van der Waals surface area contributed by atoms with Crippen LogP contribution < -0.4 is 15.3 Å². The Hall–Kier alpha value is -3.31. The van der Waals surface area contributed by atoms with Gasteiger partial charge in [-0.1, -0.05) is 30.9 Å². The maximum Gasteiger partial charge on any atom is 3.00 e. The van der Waals surface area contributed by atoms with Crippen LogP contribution in [-0.4, -0.2) is 23.8 Å². The van der Waals surface area contributed by atoms with Gasteiger partial charge in [-0.3, -0.25) is 19.7 Å². The van der Waals surface area contributed by atoms with Crippen LogP contribution in [0.1, 0.15) is 6.92 Å². The van der Waals surface area contributed by atoms with Gasteiger partial charge in [-0.15, -0.1) is 5.76 Å². The maximum absolute atomic E-state index is 12.2. The molecule has 0 fully saturated rings. The fraction of sp³-hybridized carbons (Fsp3) is 0.0625. The summed E-state index contributed by atoms with van der Waals surface area (Å²) in [4.78, 5) is 12.2. The number of azo groups is 1. The summed E-state index contributed by atoms with van der Waals surface area (Å²) in [6.45, 7) is 0.974. The molecule has 12 nitrogen and oxygen atoms in total. The molecule has 2 aromatic rings. The number of nitro benzene ring substituents is 1. The van der Waals surface area contributed by atoms with Crippen molar-refractivity contribution in [3.63, 3.8) is 0 Å². The minimum Gasteiger partial charge on any atom is -0.874 e. The molecule has 0 saturated heterocycles. The van der Waals surface area contributed by atoms with Crippen LogP contribution in [0.5, 0.6) is 5.75 Å². The molecular weight excluding hydrogens is 460 g/mol. The Balaban J connectivity index is 0.00000450. The molecule has 0 spiro atoms. The normalized spacial score (nSPS) is 12.9. The molecule has 0 atom stereocenters. The van der Waals surface area contributed by atoms with Crippen molar-refractivity contribution in [2.45, 2.75) is 11.8 Å². The second-order valence-corrected chi connectivity index (χ2v) is 6.77. The van der Waals surface area contributed by atoms with Gasteiger partial charge in [-0.25, -0.2) is 0 Å². The molecule has 0 unspecified atom stereocenters. The Kier molecular flexibility index (Phi) is 8.20. The topological polar surface area (TPSA) is 204 Å². The van der Waals surface area contributed by atoms with Gasteiger partial charge in [0.05, 0.1) is 26.9 Å². The second-order valence-electron chi connectivity index (χ2n) is 5.38. The Bertz CT molecular complexity index is 1140. The van der Waals surface area contributed by atoms with E-state index in [1.54, 1.807) is 18.2 Å². The number of non-ortho nitro benzene ring substituents is 1. The van der Waals surface area contributed by atoms with Crippen LogP contribution in [0.2, 0.25) is 0 Å². The third-order valence-corrected chi connectivity index (χ3v) is 4.15. The molecule has 1 radical (unpaired) electrons. The molecule has 0 amide bonds. The Morgan fingerprint density at radius 1 is 1.13 bits per heavy atom. The van der Waals surface area contributed by atoms with E-state index in [4.69, 9.17) is 4.55 Å². The number of nitrogens with zero attached hydrogens (tertiary/aromatic N) is 4. The van der Waals surface area contributed by atoms with Gasteiger partial charge >= 0.3 is 17.4 Å². The summed E-state index contributed by atoms with van der Waals surface area (Å²) < 4.78 is 31.6. The van der Waals surface area contributed by atoms with Crippen LogP contribution in [0.15, 0.2) is 74.0 Å². The molecular formula is C16H11CrN4O8S. The van der Waals surface area contributed by atoms with Crippen LogP contribution in [0.25, 0.3) is 0 Å². The third kappa shape index (κ3) is 6.09. The Labute approximate surface area is 180 Å². The number of hydrogen-bond acceptors (Lipinski definition) is 10. The molecule has 0 aliphatic carbocycles. The SMILES string of the molecule is C/C([O-])=C(/N=Nc1cc([N+](=O)[O-])cc(S(=O)(=O)O)c1[O-])C([O-])=Nc1ccccc1.[Cr+3]. The molecule has 0 heterocycles. The van der Waals surface area contributed by atoms with E-state index in [-0.39, 0.29) is 23.0 Å². The molecule has 30 heavy (non-hydrogen) atoms. The minimum absolute atomic E-state index is 0. The fourth-order valence-corrected chi connectivity index (χ4v) is 2.59. The van der Waals surface area contributed by atoms with Crippen molar-refractivity contribution in [3.05, 3.63) is 64.0 Å². The first kappa shape index (κ1) is 24.7. The first-order chi connectivity index (χ1) is 13.5. The van der Waals surface area contributed by atoms with Crippen LogP contribution in [0.3, 0.4) is 0 Å². The fourth-order valence-electron chi connectivity index (χ4n) is 1.99. The average molecular weight is 471 g/mol. The van der Waals surface area contributed by atoms with Crippen LogP contribution >= 0.6 is 0 Å². The van der Waals surface area contributed by atoms with Gasteiger partial charge in [-0.2, -0.15) is 18.6 Å². The maximum atomic E-state index is 12.2. The molecule has 1 N–H and O–H groups in total. The van der Waals surface area contributed by atoms with E-state index in [9.17, 15) is 33.9 Å². The molecule has 2 aromatic carbocycles. The Morgan fingerprint density at radius 2 is 1.73 bits per heavy atom. The second kappa shape index (κ2) is 9.94. The monoisotopic (exact) mass is 471 g/mol. The zero-order chi connectivity index (χ0) is 21.8. The first-order valence-electron chi connectivity index (χ1n) is 7.58. The molecule has 0 aliphatic rings. The Morgan fingerprint density at radius 3 is 2.23 bits per heavy atom. The molecule has 2 rings (SSSR count). The van der Waals surface area contributed by atoms with Crippen LogP contribution in [0.4, 0.5) is 17.1 Å². The van der Waals surface area contributed by atoms with Gasteiger partial charge < -0.3 is 15.3 Å². The first-order valence-corrected chi connectivity index (χ1v) is 9.02. The number of hydrogen-bond donors (Lipinski definition) is 1. The smallest absolute Gasteiger partial charge is 0.874 e. The van der Waals surface area contributed by atoms with E-state index in [1.807, 2.05) is 0 Å². The number of benzene rings is 2. The number of nitro groups is 1. The predicted molar refractivity (Wildman–Crippen MR) is 93.1 cm³/mol. The average Bonchev–Trinajstić information content (AvgIpc) is 2.62. The van der Waals surface area contributed by atoms with E-state index in [2.05, 4.69) is 15.2 Å². The van der Waals surface area contributed by atoms with Crippen molar-refractivity contribution in [2.24, 2.45) is 15.2 Å². The molecule has 155 valence electrons. The zero-order valence-corrected chi connectivity index (χ0v) is 17.0. The number of allylic oxidation sites excluding steroid dienone is 1. The van der Waals surface area contributed by atoms with Crippen molar-refractivity contribution in [1.82, 2.24) is 0 Å². The molecule has 0 bridgehead atoms. The van der Waals surface area contributed by atoms with Crippen LogP contribution in [-0.2, 0) is 27.5 Å². The minimum atomic E-state index is -5.10. The van der Waals surface area contributed by atoms with Crippen molar-refractivity contribution in [2.75, 3.05) is 0 Å². The summed E-state index contributed by atoms with van der Waals surface area (Å²) in [5.41, 5.74) is -2.35. The van der Waals surface area contributed by atoms with Gasteiger partial charge in [0.1, 0.15) is 0 Å². The molecule has 0 aliphatic heterocycles. The van der Waals surface area contributed by atoms with Gasteiger partial charge in [0.15, 0.2) is 0 Å². The summed E-state index contributed by atoms with van der Waals surface area (Å²) in [6.07, 6.45) is 0. The van der Waals surface area contributed by atoms with Crippen molar-refractivity contribution in [3.8, 4) is 5.75 Å². The van der Waals surface area contributed by atoms with Gasteiger partial charge in [-0.05, 0) is 12.1 Å². The summed E-state index contributed by atoms with van der Waals surface area (Å²) in [5, 5.41) is 53.5. The van der Waals surface area contributed by atoms with Gasteiger partial charge in [0.2, 0.25) is 0 Å². The van der Waals surface area contributed by atoms with Gasteiger partial charge in [0, 0.05) is 18.0 Å². The number of aliphatic imine (C=N–C) groups is 1.